The summed E-state index contributed by atoms with van der Waals surface area (Å²) in [6.45, 7) is 4.00. The topological polar surface area (TPSA) is 63.7 Å². The second kappa shape index (κ2) is 10.2. The average molecular weight is 450 g/mol. The van der Waals surface area contributed by atoms with Gasteiger partial charge in [-0.1, -0.05) is 86.6 Å². The molecule has 0 aromatic heterocycles. The molecule has 0 unspecified atom stereocenters. The van der Waals surface area contributed by atoms with E-state index in [9.17, 15) is 14.4 Å². The fourth-order valence-electron chi connectivity index (χ4n) is 3.47. The number of carbonyl (C=O) groups excluding carboxylic acids is 3. The Bertz CT molecular complexity index is 1030. The van der Waals surface area contributed by atoms with Crippen molar-refractivity contribution in [1.82, 2.24) is 5.06 Å². The van der Waals surface area contributed by atoms with Crippen LogP contribution in [0.4, 0.5) is 0 Å². The largest absolute Gasteiger partial charge is 0.363 e. The van der Waals surface area contributed by atoms with Crippen molar-refractivity contribution in [1.29, 1.82) is 0 Å². The van der Waals surface area contributed by atoms with E-state index in [0.717, 1.165) is 16.7 Å². The molecule has 0 atom stereocenters. The number of hydroxylamine groups is 2. The Morgan fingerprint density at radius 3 is 1.59 bits per heavy atom. The molecule has 0 saturated carbocycles. The molecule has 164 valence electrons. The number of alkyl halides is 1. The van der Waals surface area contributed by atoms with Gasteiger partial charge >= 0.3 is 5.97 Å². The first-order chi connectivity index (χ1) is 15.5. The first kappa shape index (κ1) is 23.2. The summed E-state index contributed by atoms with van der Waals surface area (Å²) < 4.78 is 0. The summed E-state index contributed by atoms with van der Waals surface area (Å²) in [6, 6.07) is 26.0. The Labute approximate surface area is 192 Å². The third kappa shape index (κ3) is 4.58. The lowest BCUT2D eigenvalue weighted by atomic mass is 9.84. The number of imide groups is 1. The molecule has 3 aromatic carbocycles. The van der Waals surface area contributed by atoms with E-state index in [0.29, 0.717) is 5.06 Å². The van der Waals surface area contributed by atoms with E-state index >= 15 is 0 Å². The molecule has 32 heavy (non-hydrogen) atoms. The number of amides is 2. The van der Waals surface area contributed by atoms with Crippen LogP contribution >= 0.6 is 11.6 Å². The molecule has 1 heterocycles. The standard InChI is InChI=1S/C24H18ClNO4.C2H6/c25-24(18-7-3-1-4-8-18,19-9-5-2-6-10-19)20-13-11-17(12-14-20)23(29)30-26-21(27)15-16-22(26)28;1-2/h1-14H,15-16H2;1-2H3. The zero-order valence-electron chi connectivity index (χ0n) is 18.0. The van der Waals surface area contributed by atoms with Crippen molar-refractivity contribution in [2.45, 2.75) is 31.6 Å². The van der Waals surface area contributed by atoms with Gasteiger partial charge in [0.2, 0.25) is 0 Å². The van der Waals surface area contributed by atoms with Crippen molar-refractivity contribution >= 4 is 29.4 Å². The smallest absolute Gasteiger partial charge is 0.325 e. The number of halogens is 1. The fourth-order valence-corrected chi connectivity index (χ4v) is 3.84. The SMILES string of the molecule is CC.O=C(ON1C(=O)CCC1=O)c1ccc(C(Cl)(c2ccccc2)c2ccccc2)cc1. The lowest BCUT2D eigenvalue weighted by molar-refractivity contribution is -0.172. The number of carbonyl (C=O) groups is 3. The monoisotopic (exact) mass is 449 g/mol. The van der Waals surface area contributed by atoms with Crippen molar-refractivity contribution in [2.24, 2.45) is 0 Å². The molecule has 0 spiro atoms. The van der Waals surface area contributed by atoms with Crippen molar-refractivity contribution < 1.29 is 19.2 Å². The highest BCUT2D eigenvalue weighted by atomic mass is 35.5. The summed E-state index contributed by atoms with van der Waals surface area (Å²) in [5.41, 5.74) is 2.76. The predicted molar refractivity (Wildman–Crippen MR) is 123 cm³/mol. The molecule has 0 radical (unpaired) electrons. The molecule has 5 nitrogen and oxygen atoms in total. The third-order valence-corrected chi connectivity index (χ3v) is 5.70. The van der Waals surface area contributed by atoms with Gasteiger partial charge in [0.15, 0.2) is 0 Å². The molecular formula is C26H24ClNO4. The van der Waals surface area contributed by atoms with Gasteiger partial charge in [-0.3, -0.25) is 9.59 Å². The summed E-state index contributed by atoms with van der Waals surface area (Å²) >= 11 is 7.21. The third-order valence-electron chi connectivity index (χ3n) is 5.04. The number of benzene rings is 3. The minimum absolute atomic E-state index is 0.0496. The average Bonchev–Trinajstić information content (AvgIpc) is 3.18. The molecule has 0 bridgehead atoms. The second-order valence-corrected chi connectivity index (χ2v) is 7.50. The van der Waals surface area contributed by atoms with Crippen LogP contribution in [0.1, 0.15) is 53.7 Å². The molecular weight excluding hydrogens is 426 g/mol. The quantitative estimate of drug-likeness (QED) is 0.294. The van der Waals surface area contributed by atoms with Crippen LogP contribution in [0.2, 0.25) is 0 Å². The lowest BCUT2D eigenvalue weighted by Crippen LogP contribution is -2.32. The molecule has 1 fully saturated rings. The maximum Gasteiger partial charge on any atom is 0.363 e. The zero-order chi connectivity index (χ0) is 23.1. The number of nitrogens with zero attached hydrogens (tertiary/aromatic N) is 1. The fraction of sp³-hybridized carbons (Fsp3) is 0.192. The van der Waals surface area contributed by atoms with E-state index in [2.05, 4.69) is 0 Å². The van der Waals surface area contributed by atoms with E-state index in [4.69, 9.17) is 16.4 Å². The molecule has 1 saturated heterocycles. The molecule has 6 heteroatoms. The second-order valence-electron chi connectivity index (χ2n) is 6.93. The van der Waals surface area contributed by atoms with Crippen LogP contribution < -0.4 is 0 Å². The first-order valence-corrected chi connectivity index (χ1v) is 10.9. The maximum absolute atomic E-state index is 12.4. The van der Waals surface area contributed by atoms with E-state index < -0.39 is 22.7 Å². The summed E-state index contributed by atoms with van der Waals surface area (Å²) in [4.78, 5) is 39.7. The van der Waals surface area contributed by atoms with Crippen LogP contribution in [-0.4, -0.2) is 22.8 Å². The highest BCUT2D eigenvalue weighted by Gasteiger charge is 2.35. The number of hydrogen-bond donors (Lipinski definition) is 0. The molecule has 0 aliphatic carbocycles. The van der Waals surface area contributed by atoms with Gasteiger partial charge in [0.05, 0.1) is 5.56 Å². The van der Waals surface area contributed by atoms with E-state index in [1.54, 1.807) is 24.3 Å². The van der Waals surface area contributed by atoms with Gasteiger partial charge in [-0.2, -0.15) is 0 Å². The van der Waals surface area contributed by atoms with Crippen molar-refractivity contribution in [3.05, 3.63) is 107 Å². The van der Waals surface area contributed by atoms with Gasteiger partial charge in [0.25, 0.3) is 11.8 Å². The summed E-state index contributed by atoms with van der Waals surface area (Å²) in [6.07, 6.45) is 0.0991. The Morgan fingerprint density at radius 1 is 0.750 bits per heavy atom. The highest BCUT2D eigenvalue weighted by molar-refractivity contribution is 6.28. The zero-order valence-corrected chi connectivity index (χ0v) is 18.7. The van der Waals surface area contributed by atoms with Gasteiger partial charge in [-0.25, -0.2) is 4.79 Å². The van der Waals surface area contributed by atoms with Crippen molar-refractivity contribution in [3.63, 3.8) is 0 Å². The Hall–Kier alpha value is -3.44. The Balaban J connectivity index is 0.00000141. The van der Waals surface area contributed by atoms with Gasteiger partial charge in [0, 0.05) is 12.8 Å². The molecule has 1 aliphatic heterocycles. The van der Waals surface area contributed by atoms with Gasteiger partial charge in [0.1, 0.15) is 4.87 Å². The normalized spacial score (nSPS) is 13.4. The first-order valence-electron chi connectivity index (χ1n) is 10.5. The van der Waals surface area contributed by atoms with Gasteiger partial charge in [-0.15, -0.1) is 16.7 Å². The van der Waals surface area contributed by atoms with Crippen molar-refractivity contribution in [2.75, 3.05) is 0 Å². The van der Waals surface area contributed by atoms with E-state index in [1.165, 1.54) is 0 Å². The van der Waals surface area contributed by atoms with Crippen LogP contribution in [0, 0.1) is 0 Å². The lowest BCUT2D eigenvalue weighted by Gasteiger charge is -2.29. The minimum atomic E-state index is -0.953. The van der Waals surface area contributed by atoms with Crippen molar-refractivity contribution in [3.8, 4) is 0 Å². The summed E-state index contributed by atoms with van der Waals surface area (Å²) in [5.74, 6) is -1.81. The minimum Gasteiger partial charge on any atom is -0.325 e. The van der Waals surface area contributed by atoms with E-state index in [1.807, 2.05) is 74.5 Å². The molecule has 4 rings (SSSR count). The number of rotatable bonds is 5. The molecule has 2 amide bonds. The Kier molecular flexibility index (Phi) is 7.44. The van der Waals surface area contributed by atoms with E-state index in [-0.39, 0.29) is 18.4 Å². The van der Waals surface area contributed by atoms with Crippen LogP contribution in [-0.2, 0) is 19.3 Å². The maximum atomic E-state index is 12.4. The van der Waals surface area contributed by atoms with Crippen LogP contribution in [0.15, 0.2) is 84.9 Å². The number of hydrogen-bond acceptors (Lipinski definition) is 4. The molecule has 1 aliphatic rings. The van der Waals surface area contributed by atoms with Crippen LogP contribution in [0.25, 0.3) is 0 Å². The Morgan fingerprint density at radius 2 is 1.16 bits per heavy atom. The molecule has 0 N–H and O–H groups in total. The van der Waals surface area contributed by atoms with Crippen LogP contribution in [0.5, 0.6) is 0 Å². The van der Waals surface area contributed by atoms with Crippen LogP contribution in [0.3, 0.4) is 0 Å². The van der Waals surface area contributed by atoms with Gasteiger partial charge < -0.3 is 4.84 Å². The highest BCUT2D eigenvalue weighted by Crippen LogP contribution is 2.42. The predicted octanol–water partition coefficient (Wildman–Crippen LogP) is 5.46. The summed E-state index contributed by atoms with van der Waals surface area (Å²) in [5, 5.41) is 0.538. The molecule has 3 aromatic rings. The van der Waals surface area contributed by atoms with Gasteiger partial charge in [-0.05, 0) is 28.8 Å². The summed E-state index contributed by atoms with van der Waals surface area (Å²) in [7, 11) is 0.